The van der Waals surface area contributed by atoms with Gasteiger partial charge >= 0.3 is 0 Å². The minimum atomic E-state index is 0.0522. The van der Waals surface area contributed by atoms with Gasteiger partial charge in [-0.15, -0.1) is 0 Å². The molecule has 0 aromatic carbocycles. The number of hydrogen-bond donors (Lipinski definition) is 0. The van der Waals surface area contributed by atoms with E-state index in [0.717, 1.165) is 16.4 Å². The molecule has 6 heteroatoms. The number of nitrogens with zero attached hydrogens (tertiary/aromatic N) is 2. The Labute approximate surface area is 128 Å². The van der Waals surface area contributed by atoms with Gasteiger partial charge in [-0.1, -0.05) is 42.7 Å². The summed E-state index contributed by atoms with van der Waals surface area (Å²) in [5.41, 5.74) is 1.20. The summed E-state index contributed by atoms with van der Waals surface area (Å²) in [6, 6.07) is 0.395. The molecule has 0 radical (unpaired) electrons. The van der Waals surface area contributed by atoms with Crippen LogP contribution < -0.4 is 0 Å². The highest BCUT2D eigenvalue weighted by Gasteiger charge is 2.37. The van der Waals surface area contributed by atoms with E-state index in [0.29, 0.717) is 16.9 Å². The Hall–Kier alpha value is -0.460. The van der Waals surface area contributed by atoms with E-state index in [1.165, 1.54) is 17.5 Å². The zero-order valence-corrected chi connectivity index (χ0v) is 14.0. The van der Waals surface area contributed by atoms with Crippen molar-refractivity contribution in [2.45, 2.75) is 40.2 Å². The number of allylic oxidation sites excluding steroid dienone is 1. The molecule has 0 aromatic rings. The molecule has 1 fully saturated rings. The number of likely N-dealkylation sites (N-methyl/N-ethyl adjacent to an activating group) is 1. The van der Waals surface area contributed by atoms with Gasteiger partial charge in [0.2, 0.25) is 0 Å². The van der Waals surface area contributed by atoms with Crippen LogP contribution in [0.4, 0.5) is 0 Å². The van der Waals surface area contributed by atoms with Crippen molar-refractivity contribution in [3.05, 3.63) is 21.0 Å². The molecule has 1 unspecified atom stereocenters. The fourth-order valence-electron chi connectivity index (χ4n) is 2.11. The minimum Gasteiger partial charge on any atom is -0.336 e. The summed E-state index contributed by atoms with van der Waals surface area (Å²) in [7, 11) is 0. The molecule has 2 aliphatic rings. The third-order valence-corrected chi connectivity index (χ3v) is 5.98. The summed E-state index contributed by atoms with van der Waals surface area (Å²) in [6.07, 6.45) is 1.04. The Balaban J connectivity index is 2.38. The summed E-state index contributed by atoms with van der Waals surface area (Å²) >= 11 is 8.34. The van der Waals surface area contributed by atoms with E-state index >= 15 is 0 Å². The van der Waals surface area contributed by atoms with Gasteiger partial charge in [0.05, 0.1) is 5.03 Å². The molecule has 0 aliphatic carbocycles. The molecular weight excluding hydrogens is 296 g/mol. The van der Waals surface area contributed by atoms with Gasteiger partial charge in [-0.3, -0.25) is 9.69 Å². The third kappa shape index (κ3) is 2.58. The predicted molar refractivity (Wildman–Crippen MR) is 87.5 cm³/mol. The maximum atomic E-state index is 12.4. The maximum Gasteiger partial charge on any atom is 0.268 e. The van der Waals surface area contributed by atoms with Gasteiger partial charge in [0.25, 0.3) is 5.91 Å². The number of carbonyl (C=O) groups is 1. The largest absolute Gasteiger partial charge is 0.336 e. The highest BCUT2D eigenvalue weighted by Crippen LogP contribution is 2.44. The lowest BCUT2D eigenvalue weighted by molar-refractivity contribution is -0.122. The first-order valence-corrected chi connectivity index (χ1v) is 8.52. The predicted octanol–water partition coefficient (Wildman–Crippen LogP) is 3.74. The number of rotatable bonds is 3. The van der Waals surface area contributed by atoms with Crippen LogP contribution in [0.25, 0.3) is 0 Å². The minimum absolute atomic E-state index is 0.0522. The van der Waals surface area contributed by atoms with Gasteiger partial charge in [0.15, 0.2) is 0 Å². The van der Waals surface area contributed by atoms with Crippen molar-refractivity contribution >= 4 is 46.0 Å². The van der Waals surface area contributed by atoms with Crippen molar-refractivity contribution < 1.29 is 4.79 Å². The Morgan fingerprint density at radius 3 is 2.63 bits per heavy atom. The monoisotopic (exact) mass is 314 g/mol. The highest BCUT2D eigenvalue weighted by molar-refractivity contribution is 8.27. The van der Waals surface area contributed by atoms with Crippen molar-refractivity contribution in [3.8, 4) is 0 Å². The Morgan fingerprint density at radius 1 is 1.42 bits per heavy atom. The molecule has 0 saturated carbocycles. The molecule has 0 aromatic heterocycles. The number of amides is 1. The van der Waals surface area contributed by atoms with E-state index in [1.54, 1.807) is 16.7 Å². The molecule has 1 atom stereocenters. The molecule has 0 N–H and O–H groups in total. The topological polar surface area (TPSA) is 23.6 Å². The average molecular weight is 315 g/mol. The van der Waals surface area contributed by atoms with Crippen LogP contribution >= 0.6 is 35.7 Å². The van der Waals surface area contributed by atoms with E-state index in [1.807, 2.05) is 6.92 Å². The lowest BCUT2D eigenvalue weighted by Crippen LogP contribution is -2.30. The molecule has 19 heavy (non-hydrogen) atoms. The summed E-state index contributed by atoms with van der Waals surface area (Å²) < 4.78 is 0.671. The zero-order chi connectivity index (χ0) is 14.2. The van der Waals surface area contributed by atoms with Crippen LogP contribution in [-0.2, 0) is 4.79 Å². The van der Waals surface area contributed by atoms with Crippen LogP contribution in [0.3, 0.4) is 0 Å². The molecule has 104 valence electrons. The lowest BCUT2D eigenvalue weighted by Gasteiger charge is -2.28. The Kier molecular flexibility index (Phi) is 4.63. The van der Waals surface area contributed by atoms with Crippen LogP contribution in [0.2, 0.25) is 0 Å². The highest BCUT2D eigenvalue weighted by atomic mass is 32.2. The second-order valence-electron chi connectivity index (χ2n) is 4.56. The van der Waals surface area contributed by atoms with Crippen molar-refractivity contribution in [3.63, 3.8) is 0 Å². The van der Waals surface area contributed by atoms with Crippen molar-refractivity contribution in [1.82, 2.24) is 9.80 Å². The smallest absolute Gasteiger partial charge is 0.268 e. The Bertz CT molecular complexity index is 484. The van der Waals surface area contributed by atoms with Gasteiger partial charge in [0, 0.05) is 18.3 Å². The van der Waals surface area contributed by atoms with E-state index < -0.39 is 0 Å². The first-order valence-electron chi connectivity index (χ1n) is 6.41. The number of thiocarbonyl (C=S) groups is 1. The quantitative estimate of drug-likeness (QED) is 0.583. The normalized spacial score (nSPS) is 25.4. The number of thioether (sulfide) groups is 2. The van der Waals surface area contributed by atoms with Crippen molar-refractivity contribution in [2.75, 3.05) is 6.54 Å². The van der Waals surface area contributed by atoms with E-state index in [9.17, 15) is 4.79 Å². The van der Waals surface area contributed by atoms with Crippen LogP contribution in [0.5, 0.6) is 0 Å². The number of hydrogen-bond acceptors (Lipinski definition) is 5. The van der Waals surface area contributed by atoms with Crippen LogP contribution in [-0.4, -0.2) is 32.6 Å². The van der Waals surface area contributed by atoms with E-state index in [4.69, 9.17) is 12.2 Å². The zero-order valence-electron chi connectivity index (χ0n) is 11.6. The average Bonchev–Trinajstić information content (AvgIpc) is 2.89. The second-order valence-corrected chi connectivity index (χ2v) is 7.06. The van der Waals surface area contributed by atoms with Crippen molar-refractivity contribution in [2.24, 2.45) is 0 Å². The van der Waals surface area contributed by atoms with Crippen LogP contribution in [0, 0.1) is 0 Å². The van der Waals surface area contributed by atoms with Crippen LogP contribution in [0.1, 0.15) is 34.1 Å². The maximum absolute atomic E-state index is 12.4. The first-order chi connectivity index (χ1) is 9.01. The molecule has 3 nitrogen and oxygen atoms in total. The molecule has 2 heterocycles. The summed E-state index contributed by atoms with van der Waals surface area (Å²) in [5, 5.41) is 3.15. The third-order valence-electron chi connectivity index (χ3n) is 3.33. The molecule has 0 bridgehead atoms. The summed E-state index contributed by atoms with van der Waals surface area (Å²) in [6.45, 7) is 9.03. The van der Waals surface area contributed by atoms with Gasteiger partial charge in [-0.05, 0) is 32.6 Å². The fourth-order valence-corrected chi connectivity index (χ4v) is 4.75. The van der Waals surface area contributed by atoms with E-state index in [2.05, 4.69) is 31.1 Å². The lowest BCUT2D eigenvalue weighted by atomic mass is 10.2. The molecule has 1 saturated heterocycles. The fraction of sp³-hybridized carbons (Fsp3) is 0.538. The number of carbonyl (C=O) groups excluding carboxylic acids is 1. The van der Waals surface area contributed by atoms with Crippen LogP contribution in [0.15, 0.2) is 21.0 Å². The van der Waals surface area contributed by atoms with Crippen molar-refractivity contribution in [1.29, 1.82) is 0 Å². The SMILES string of the molecule is CCC(C)N1C(C)=CS/C1=C1/SC(=S)N(CC)C1=O. The molecule has 2 rings (SSSR count). The molecule has 2 aliphatic heterocycles. The summed E-state index contributed by atoms with van der Waals surface area (Å²) in [4.78, 5) is 17.1. The van der Waals surface area contributed by atoms with Gasteiger partial charge < -0.3 is 4.90 Å². The van der Waals surface area contributed by atoms with Gasteiger partial charge in [0.1, 0.15) is 9.23 Å². The second kappa shape index (κ2) is 5.89. The first kappa shape index (κ1) is 14.9. The Morgan fingerprint density at radius 2 is 2.11 bits per heavy atom. The van der Waals surface area contributed by atoms with Gasteiger partial charge in [-0.25, -0.2) is 0 Å². The summed E-state index contributed by atoms with van der Waals surface area (Å²) in [5.74, 6) is 0.0522. The molecule has 1 amide bonds. The standard InChI is InChI=1S/C13H18N2OS3/c1-5-8(3)15-9(4)7-18-12(15)10-11(16)14(6-2)13(17)19-10/h7-8H,5-6H2,1-4H3/b12-10+. The van der Waals surface area contributed by atoms with E-state index in [-0.39, 0.29) is 5.91 Å². The molecule has 0 spiro atoms. The molecular formula is C13H18N2OS3. The van der Waals surface area contributed by atoms with Gasteiger partial charge in [-0.2, -0.15) is 0 Å².